The Bertz CT molecular complexity index is 874. The minimum Gasteiger partial charge on any atom is -0.468 e. The number of aromatic nitrogens is 1. The van der Waals surface area contributed by atoms with Crippen LogP contribution in [0.15, 0.2) is 42.6 Å². The molecule has 1 amide bonds. The Labute approximate surface area is 162 Å². The van der Waals surface area contributed by atoms with Crippen LogP contribution in [-0.4, -0.2) is 46.4 Å². The molecule has 2 aromatic rings. The maximum atomic E-state index is 12.8. The van der Waals surface area contributed by atoms with Crippen LogP contribution >= 0.6 is 0 Å². The van der Waals surface area contributed by atoms with E-state index in [2.05, 4.69) is 4.98 Å². The molecule has 0 spiro atoms. The molecular weight excluding hydrogens is 360 g/mol. The number of hydrogen-bond acceptors (Lipinski definition) is 6. The van der Waals surface area contributed by atoms with E-state index in [1.165, 1.54) is 0 Å². The van der Waals surface area contributed by atoms with Crippen LogP contribution in [0.2, 0.25) is 0 Å². The van der Waals surface area contributed by atoms with Crippen molar-refractivity contribution in [1.29, 1.82) is 0 Å². The number of amides is 1. The first-order valence-corrected chi connectivity index (χ1v) is 9.60. The molecule has 0 saturated carbocycles. The average Bonchev–Trinajstić information content (AvgIpc) is 3.29. The highest BCUT2D eigenvalue weighted by molar-refractivity contribution is 5.79. The molecule has 2 saturated heterocycles. The van der Waals surface area contributed by atoms with Gasteiger partial charge in [0.1, 0.15) is 0 Å². The van der Waals surface area contributed by atoms with Crippen LogP contribution in [0, 0.1) is 0 Å². The molecule has 7 heteroatoms. The van der Waals surface area contributed by atoms with Crippen molar-refractivity contribution in [2.45, 2.75) is 43.4 Å². The van der Waals surface area contributed by atoms with E-state index in [0.29, 0.717) is 30.2 Å². The summed E-state index contributed by atoms with van der Waals surface area (Å²) >= 11 is 0. The molecule has 2 atom stereocenters. The van der Waals surface area contributed by atoms with Crippen molar-refractivity contribution in [2.75, 3.05) is 13.4 Å². The molecule has 0 aliphatic carbocycles. The number of piperidine rings is 1. The molecule has 146 valence electrons. The molecule has 28 heavy (non-hydrogen) atoms. The maximum absolute atomic E-state index is 12.8. The van der Waals surface area contributed by atoms with Crippen LogP contribution < -0.4 is 14.2 Å². The summed E-state index contributed by atoms with van der Waals surface area (Å²) in [5.74, 6) is 1.76. The van der Waals surface area contributed by atoms with E-state index in [-0.39, 0.29) is 31.4 Å². The van der Waals surface area contributed by atoms with Gasteiger partial charge in [0, 0.05) is 37.2 Å². The minimum absolute atomic E-state index is 0.00834. The Balaban J connectivity index is 1.30. The quantitative estimate of drug-likeness (QED) is 0.873. The van der Waals surface area contributed by atoms with Crippen LogP contribution in [0.25, 0.3) is 0 Å². The number of aliphatic hydroxyl groups is 1. The molecule has 4 heterocycles. The fraction of sp³-hybridized carbons (Fsp3) is 0.429. The zero-order valence-corrected chi connectivity index (χ0v) is 15.4. The molecule has 5 rings (SSSR count). The lowest BCUT2D eigenvalue weighted by molar-refractivity contribution is -0.144. The Kier molecular flexibility index (Phi) is 4.12. The van der Waals surface area contributed by atoms with E-state index in [1.807, 2.05) is 29.2 Å². The van der Waals surface area contributed by atoms with Gasteiger partial charge in [-0.15, -0.1) is 0 Å². The van der Waals surface area contributed by atoms with Gasteiger partial charge in [0.05, 0.1) is 5.60 Å². The van der Waals surface area contributed by atoms with Gasteiger partial charge in [-0.3, -0.25) is 4.79 Å². The SMILES string of the molecule is O=C(COc1ccccn1)N1C2CCC1CC(O)(c1ccc3c(c1)OCO3)C2. The smallest absolute Gasteiger partial charge is 0.261 e. The Hall–Kier alpha value is -2.80. The number of hydrogen-bond donors (Lipinski definition) is 1. The van der Waals surface area contributed by atoms with E-state index < -0.39 is 5.60 Å². The third kappa shape index (κ3) is 2.96. The molecular formula is C21H22N2O5. The predicted molar refractivity (Wildman–Crippen MR) is 99.1 cm³/mol. The molecule has 3 aliphatic rings. The second kappa shape index (κ2) is 6.67. The first-order valence-electron chi connectivity index (χ1n) is 9.60. The van der Waals surface area contributed by atoms with Crippen molar-refractivity contribution in [3.8, 4) is 17.4 Å². The normalized spacial score (nSPS) is 27.7. The van der Waals surface area contributed by atoms with Crippen LogP contribution in [0.1, 0.15) is 31.2 Å². The zero-order valence-electron chi connectivity index (χ0n) is 15.4. The van der Waals surface area contributed by atoms with Crippen LogP contribution in [0.4, 0.5) is 0 Å². The first kappa shape index (κ1) is 17.3. The van der Waals surface area contributed by atoms with Gasteiger partial charge in [-0.05, 0) is 36.6 Å². The zero-order chi connectivity index (χ0) is 19.1. The average molecular weight is 382 g/mol. The largest absolute Gasteiger partial charge is 0.468 e. The predicted octanol–water partition coefficient (Wildman–Crippen LogP) is 2.23. The highest BCUT2D eigenvalue weighted by Gasteiger charge is 2.50. The summed E-state index contributed by atoms with van der Waals surface area (Å²) in [7, 11) is 0. The lowest BCUT2D eigenvalue weighted by Gasteiger charge is -2.44. The van der Waals surface area contributed by atoms with Crippen molar-refractivity contribution in [3.05, 3.63) is 48.2 Å². The second-order valence-electron chi connectivity index (χ2n) is 7.65. The van der Waals surface area contributed by atoms with Crippen molar-refractivity contribution in [1.82, 2.24) is 9.88 Å². The Morgan fingerprint density at radius 2 is 1.96 bits per heavy atom. The van der Waals surface area contributed by atoms with E-state index in [9.17, 15) is 9.90 Å². The van der Waals surface area contributed by atoms with Gasteiger partial charge in [0.25, 0.3) is 5.91 Å². The third-order valence-corrected chi connectivity index (χ3v) is 5.95. The number of rotatable bonds is 4. The van der Waals surface area contributed by atoms with Crippen molar-refractivity contribution in [2.24, 2.45) is 0 Å². The maximum Gasteiger partial charge on any atom is 0.261 e. The minimum atomic E-state index is -0.967. The number of fused-ring (bicyclic) bond motifs is 3. The van der Waals surface area contributed by atoms with E-state index in [1.54, 1.807) is 18.3 Å². The number of carbonyl (C=O) groups is 1. The van der Waals surface area contributed by atoms with Crippen LogP contribution in [0.3, 0.4) is 0 Å². The molecule has 2 fully saturated rings. The summed E-state index contributed by atoms with van der Waals surface area (Å²) in [6.07, 6.45) is 4.45. The molecule has 2 unspecified atom stereocenters. The van der Waals surface area contributed by atoms with Gasteiger partial charge in [0.2, 0.25) is 12.7 Å². The van der Waals surface area contributed by atoms with Gasteiger partial charge >= 0.3 is 0 Å². The van der Waals surface area contributed by atoms with Gasteiger partial charge < -0.3 is 24.2 Å². The lowest BCUT2D eigenvalue weighted by atomic mass is 9.80. The van der Waals surface area contributed by atoms with Gasteiger partial charge in [-0.25, -0.2) is 4.98 Å². The van der Waals surface area contributed by atoms with Crippen molar-refractivity contribution >= 4 is 5.91 Å². The third-order valence-electron chi connectivity index (χ3n) is 5.95. The first-order chi connectivity index (χ1) is 13.6. The van der Waals surface area contributed by atoms with E-state index in [0.717, 1.165) is 18.4 Å². The molecule has 7 nitrogen and oxygen atoms in total. The molecule has 0 radical (unpaired) electrons. The van der Waals surface area contributed by atoms with Crippen molar-refractivity contribution < 1.29 is 24.1 Å². The Morgan fingerprint density at radius 1 is 1.18 bits per heavy atom. The van der Waals surface area contributed by atoms with E-state index in [4.69, 9.17) is 14.2 Å². The molecule has 1 aromatic heterocycles. The standard InChI is InChI=1S/C21H22N2O5/c24-20(12-26-19-3-1-2-8-22-19)23-15-5-6-16(23)11-21(25,10-15)14-4-7-17-18(9-14)28-13-27-17/h1-4,7-9,15-16,25H,5-6,10-13H2. The monoisotopic (exact) mass is 382 g/mol. The molecule has 2 bridgehead atoms. The molecule has 1 N–H and O–H groups in total. The lowest BCUT2D eigenvalue weighted by Crippen LogP contribution is -2.53. The number of benzene rings is 1. The molecule has 1 aromatic carbocycles. The summed E-state index contributed by atoms with van der Waals surface area (Å²) in [6.45, 7) is 0.174. The summed E-state index contributed by atoms with van der Waals surface area (Å²) in [6, 6.07) is 11.0. The second-order valence-corrected chi connectivity index (χ2v) is 7.65. The summed E-state index contributed by atoms with van der Waals surface area (Å²) in [4.78, 5) is 18.8. The summed E-state index contributed by atoms with van der Waals surface area (Å²) in [5, 5.41) is 11.4. The number of pyridine rings is 1. The Morgan fingerprint density at radius 3 is 2.71 bits per heavy atom. The van der Waals surface area contributed by atoms with E-state index >= 15 is 0 Å². The van der Waals surface area contributed by atoms with Gasteiger partial charge in [-0.2, -0.15) is 0 Å². The highest BCUT2D eigenvalue weighted by Crippen LogP contribution is 2.47. The molecule has 3 aliphatic heterocycles. The number of carbonyl (C=O) groups excluding carboxylic acids is 1. The number of nitrogens with zero attached hydrogens (tertiary/aromatic N) is 2. The summed E-state index contributed by atoms with van der Waals surface area (Å²) in [5.41, 5.74) is -0.142. The fourth-order valence-electron chi connectivity index (χ4n) is 4.70. The fourth-order valence-corrected chi connectivity index (χ4v) is 4.70. The van der Waals surface area contributed by atoms with Crippen molar-refractivity contribution in [3.63, 3.8) is 0 Å². The van der Waals surface area contributed by atoms with Crippen LogP contribution in [-0.2, 0) is 10.4 Å². The topological polar surface area (TPSA) is 81.1 Å². The van der Waals surface area contributed by atoms with Crippen LogP contribution in [0.5, 0.6) is 17.4 Å². The summed E-state index contributed by atoms with van der Waals surface area (Å²) < 4.78 is 16.4. The van der Waals surface area contributed by atoms with Gasteiger partial charge in [-0.1, -0.05) is 12.1 Å². The highest BCUT2D eigenvalue weighted by atomic mass is 16.7. The van der Waals surface area contributed by atoms with Gasteiger partial charge in [0.15, 0.2) is 18.1 Å². The number of ether oxygens (including phenoxy) is 3.